The van der Waals surface area contributed by atoms with Gasteiger partial charge in [0.15, 0.2) is 0 Å². The van der Waals surface area contributed by atoms with Crippen LogP contribution >= 0.6 is 15.9 Å². The second-order valence-corrected chi connectivity index (χ2v) is 6.09. The van der Waals surface area contributed by atoms with E-state index in [0.717, 1.165) is 38.8 Å². The fourth-order valence-corrected chi connectivity index (χ4v) is 3.53. The van der Waals surface area contributed by atoms with Crippen LogP contribution in [0.4, 0.5) is 4.79 Å². The molecule has 1 saturated heterocycles. The molecule has 1 aliphatic heterocycles. The molecule has 1 heterocycles. The molecule has 1 fully saturated rings. The van der Waals surface area contributed by atoms with E-state index in [4.69, 9.17) is 4.74 Å². The Hall–Kier alpha value is -0.290. The van der Waals surface area contributed by atoms with E-state index in [1.165, 1.54) is 0 Å². The highest BCUT2D eigenvalue weighted by atomic mass is 79.9. The summed E-state index contributed by atoms with van der Waals surface area (Å²) in [6, 6.07) is 0.307. The van der Waals surface area contributed by atoms with E-state index in [9.17, 15) is 4.79 Å². The number of urea groups is 1. The van der Waals surface area contributed by atoms with Crippen LogP contribution in [0, 0.1) is 0 Å². The number of hydrogen-bond donors (Lipinski definition) is 1. The fraction of sp³-hybridized carbons (Fsp3) is 0.923. The molecule has 4 nitrogen and oxygen atoms in total. The van der Waals surface area contributed by atoms with Gasteiger partial charge in [0, 0.05) is 31.1 Å². The number of halogens is 1. The lowest BCUT2D eigenvalue weighted by Gasteiger charge is -2.31. The van der Waals surface area contributed by atoms with Gasteiger partial charge in [0.05, 0.1) is 6.10 Å². The van der Waals surface area contributed by atoms with Crippen LogP contribution in [-0.4, -0.2) is 48.1 Å². The lowest BCUT2D eigenvalue weighted by molar-refractivity contribution is 0.0895. The fourth-order valence-electron chi connectivity index (χ4n) is 2.40. The van der Waals surface area contributed by atoms with Gasteiger partial charge < -0.3 is 15.0 Å². The number of nitrogens with zero attached hydrogens (tertiary/aromatic N) is 1. The maximum atomic E-state index is 11.9. The average molecular weight is 321 g/mol. The van der Waals surface area contributed by atoms with Gasteiger partial charge in [-0.2, -0.15) is 0 Å². The van der Waals surface area contributed by atoms with E-state index in [0.29, 0.717) is 4.83 Å². The summed E-state index contributed by atoms with van der Waals surface area (Å²) in [5.41, 5.74) is 0. The van der Waals surface area contributed by atoms with Crippen LogP contribution in [0.3, 0.4) is 0 Å². The molecule has 5 heteroatoms. The summed E-state index contributed by atoms with van der Waals surface area (Å²) in [6.45, 7) is 5.89. The van der Waals surface area contributed by atoms with Gasteiger partial charge in [-0.05, 0) is 32.6 Å². The summed E-state index contributed by atoms with van der Waals surface area (Å²) in [5, 5.41) is 2.95. The Kier molecular flexibility index (Phi) is 7.00. The maximum absolute atomic E-state index is 11.9. The zero-order chi connectivity index (χ0) is 13.5. The Morgan fingerprint density at radius 3 is 2.83 bits per heavy atom. The average Bonchev–Trinajstić information content (AvgIpc) is 2.55. The van der Waals surface area contributed by atoms with Crippen LogP contribution < -0.4 is 5.32 Å². The van der Waals surface area contributed by atoms with Gasteiger partial charge in [0.1, 0.15) is 0 Å². The zero-order valence-electron chi connectivity index (χ0n) is 11.6. The topological polar surface area (TPSA) is 41.6 Å². The zero-order valence-corrected chi connectivity index (χ0v) is 13.2. The second-order valence-electron chi connectivity index (χ2n) is 4.92. The van der Waals surface area contributed by atoms with Crippen LogP contribution in [0.2, 0.25) is 0 Å². The molecule has 18 heavy (non-hydrogen) atoms. The number of amides is 2. The maximum Gasteiger partial charge on any atom is 0.317 e. The molecule has 0 aromatic rings. The van der Waals surface area contributed by atoms with E-state index in [1.54, 1.807) is 7.11 Å². The SMILES string of the molecule is CC[C@H](OC)C(Br)CC(C)N1CCCCNC1=O. The van der Waals surface area contributed by atoms with E-state index in [1.807, 2.05) is 4.90 Å². The van der Waals surface area contributed by atoms with Crippen molar-refractivity contribution in [1.29, 1.82) is 0 Å². The summed E-state index contributed by atoms with van der Waals surface area (Å²) in [6.07, 6.45) is 4.26. The van der Waals surface area contributed by atoms with Crippen molar-refractivity contribution in [3.05, 3.63) is 0 Å². The third-order valence-electron chi connectivity index (χ3n) is 3.57. The first-order chi connectivity index (χ1) is 8.60. The van der Waals surface area contributed by atoms with Crippen LogP contribution in [0.15, 0.2) is 0 Å². The van der Waals surface area contributed by atoms with Gasteiger partial charge in [0.2, 0.25) is 0 Å². The molecule has 2 amide bonds. The summed E-state index contributed by atoms with van der Waals surface area (Å²) in [5.74, 6) is 0. The minimum absolute atomic E-state index is 0.0742. The number of nitrogens with one attached hydrogen (secondary N) is 1. The first-order valence-electron chi connectivity index (χ1n) is 6.81. The summed E-state index contributed by atoms with van der Waals surface area (Å²) >= 11 is 3.69. The molecular weight excluding hydrogens is 296 g/mol. The third kappa shape index (κ3) is 4.43. The molecule has 0 saturated carbocycles. The number of alkyl halides is 1. The molecule has 1 aliphatic rings. The standard InChI is InChI=1S/C13H25BrN2O2/c1-4-12(18-3)11(14)9-10(2)16-8-6-5-7-15-13(16)17/h10-12H,4-9H2,1-3H3,(H,15,17)/t10?,11?,12-/m0/s1. The van der Waals surface area contributed by atoms with Crippen LogP contribution in [0.25, 0.3) is 0 Å². The van der Waals surface area contributed by atoms with Crippen molar-refractivity contribution < 1.29 is 9.53 Å². The van der Waals surface area contributed by atoms with Crippen molar-refractivity contribution >= 4 is 22.0 Å². The largest absolute Gasteiger partial charge is 0.380 e. The predicted molar refractivity (Wildman–Crippen MR) is 77.2 cm³/mol. The number of hydrogen-bond acceptors (Lipinski definition) is 2. The highest BCUT2D eigenvalue weighted by Gasteiger charge is 2.26. The Morgan fingerprint density at radius 2 is 2.22 bits per heavy atom. The van der Waals surface area contributed by atoms with Gasteiger partial charge in [0.25, 0.3) is 0 Å². The number of methoxy groups -OCH3 is 1. The van der Waals surface area contributed by atoms with Crippen molar-refractivity contribution in [2.24, 2.45) is 0 Å². The molecule has 3 atom stereocenters. The quantitative estimate of drug-likeness (QED) is 0.764. The summed E-state index contributed by atoms with van der Waals surface area (Å²) < 4.78 is 5.44. The lowest BCUT2D eigenvalue weighted by Crippen LogP contribution is -2.45. The van der Waals surface area contributed by atoms with E-state index in [2.05, 4.69) is 35.1 Å². The van der Waals surface area contributed by atoms with Crippen LogP contribution in [0.1, 0.15) is 39.5 Å². The minimum Gasteiger partial charge on any atom is -0.380 e. The molecule has 1 N–H and O–H groups in total. The Morgan fingerprint density at radius 1 is 1.50 bits per heavy atom. The molecule has 0 aromatic carbocycles. The van der Waals surface area contributed by atoms with Gasteiger partial charge >= 0.3 is 6.03 Å². The van der Waals surface area contributed by atoms with Gasteiger partial charge in [-0.25, -0.2) is 4.79 Å². The van der Waals surface area contributed by atoms with Crippen molar-refractivity contribution in [3.8, 4) is 0 Å². The molecule has 1 rings (SSSR count). The minimum atomic E-state index is 0.0742. The molecule has 0 aliphatic carbocycles. The van der Waals surface area contributed by atoms with E-state index in [-0.39, 0.29) is 18.2 Å². The van der Waals surface area contributed by atoms with Crippen molar-refractivity contribution in [2.45, 2.75) is 56.5 Å². The second kappa shape index (κ2) is 8.00. The molecule has 0 spiro atoms. The molecule has 106 valence electrons. The highest BCUT2D eigenvalue weighted by molar-refractivity contribution is 9.09. The van der Waals surface area contributed by atoms with Gasteiger partial charge in [-0.3, -0.25) is 0 Å². The number of rotatable bonds is 6. The number of ether oxygens (including phenoxy) is 1. The first kappa shape index (κ1) is 15.8. The van der Waals surface area contributed by atoms with Crippen LogP contribution in [0.5, 0.6) is 0 Å². The lowest BCUT2D eigenvalue weighted by atomic mass is 10.1. The summed E-state index contributed by atoms with van der Waals surface area (Å²) in [4.78, 5) is 14.2. The molecule has 0 radical (unpaired) electrons. The smallest absolute Gasteiger partial charge is 0.317 e. The van der Waals surface area contributed by atoms with Gasteiger partial charge in [-0.1, -0.05) is 22.9 Å². The normalized spacial score (nSPS) is 22.0. The summed E-state index contributed by atoms with van der Waals surface area (Å²) in [7, 11) is 1.74. The molecular formula is C13H25BrN2O2. The highest BCUT2D eigenvalue weighted by Crippen LogP contribution is 2.21. The molecule has 2 unspecified atom stereocenters. The Balaban J connectivity index is 2.52. The Bertz CT molecular complexity index is 259. The third-order valence-corrected chi connectivity index (χ3v) is 4.53. The Labute approximate surface area is 119 Å². The van der Waals surface area contributed by atoms with Gasteiger partial charge in [-0.15, -0.1) is 0 Å². The predicted octanol–water partition coefficient (Wildman–Crippen LogP) is 2.76. The van der Waals surface area contributed by atoms with E-state index >= 15 is 0 Å². The van der Waals surface area contributed by atoms with Crippen molar-refractivity contribution in [2.75, 3.05) is 20.2 Å². The van der Waals surface area contributed by atoms with E-state index < -0.39 is 0 Å². The number of carbonyl (C=O) groups excluding carboxylic acids is 1. The van der Waals surface area contributed by atoms with Crippen molar-refractivity contribution in [1.82, 2.24) is 10.2 Å². The number of carbonyl (C=O) groups is 1. The monoisotopic (exact) mass is 320 g/mol. The van der Waals surface area contributed by atoms with Crippen molar-refractivity contribution in [3.63, 3.8) is 0 Å². The molecule has 0 bridgehead atoms. The van der Waals surface area contributed by atoms with Crippen LogP contribution in [-0.2, 0) is 4.74 Å². The molecule has 0 aromatic heterocycles. The first-order valence-corrected chi connectivity index (χ1v) is 7.73.